The normalized spacial score (nSPS) is 14.1. The second-order valence-corrected chi connectivity index (χ2v) is 8.45. The first-order valence-corrected chi connectivity index (χ1v) is 10.9. The van der Waals surface area contributed by atoms with Gasteiger partial charge >= 0.3 is 0 Å². The van der Waals surface area contributed by atoms with Gasteiger partial charge in [-0.25, -0.2) is 9.37 Å². The van der Waals surface area contributed by atoms with Crippen molar-refractivity contribution in [1.29, 1.82) is 5.26 Å². The largest absolute Gasteiger partial charge is 0.508 e. The zero-order valence-corrected chi connectivity index (χ0v) is 19.4. The minimum Gasteiger partial charge on any atom is -0.508 e. The Kier molecular flexibility index (Phi) is 6.47. The molecule has 2 aromatic heterocycles. The molecule has 0 amide bonds. The van der Waals surface area contributed by atoms with Crippen LogP contribution in [-0.4, -0.2) is 29.2 Å². The number of aromatic nitrogens is 1. The highest BCUT2D eigenvalue weighted by Gasteiger charge is 2.25. The van der Waals surface area contributed by atoms with E-state index >= 15 is 0 Å². The quantitative estimate of drug-likeness (QED) is 0.401. The van der Waals surface area contributed by atoms with Gasteiger partial charge in [-0.15, -0.1) is 12.4 Å². The predicted molar refractivity (Wildman–Crippen MR) is 133 cm³/mol. The summed E-state index contributed by atoms with van der Waals surface area (Å²) < 4.78 is 20.5. The maximum Gasteiger partial charge on any atom is 0.147 e. The number of aromatic hydroxyl groups is 1. The lowest BCUT2D eigenvalue weighted by molar-refractivity contribution is 0.471. The minimum absolute atomic E-state index is 0. The van der Waals surface area contributed by atoms with Gasteiger partial charge < -0.3 is 20.2 Å². The van der Waals surface area contributed by atoms with Crippen LogP contribution < -0.4 is 10.6 Å². The number of nitrogens with zero attached hydrogens (tertiary/aromatic N) is 3. The molecule has 8 heteroatoms. The molecule has 3 N–H and O–H groups in total. The average Bonchev–Trinajstić information content (AvgIpc) is 3.30. The summed E-state index contributed by atoms with van der Waals surface area (Å²) in [6.45, 7) is 3.35. The van der Waals surface area contributed by atoms with Crippen LogP contribution in [0.4, 0.5) is 10.2 Å². The fraction of sp³-hybridized carbons (Fsp3) is 0.231. The van der Waals surface area contributed by atoms with Crippen molar-refractivity contribution in [3.63, 3.8) is 0 Å². The molecule has 174 valence electrons. The Morgan fingerprint density at radius 1 is 1.15 bits per heavy atom. The van der Waals surface area contributed by atoms with Crippen LogP contribution in [0.1, 0.15) is 24.0 Å². The van der Waals surface area contributed by atoms with Crippen molar-refractivity contribution in [2.75, 3.05) is 18.0 Å². The molecule has 0 spiro atoms. The highest BCUT2D eigenvalue weighted by Crippen LogP contribution is 2.42. The molecule has 1 aliphatic rings. The van der Waals surface area contributed by atoms with Gasteiger partial charge in [0.25, 0.3) is 0 Å². The number of hydrogen-bond acceptors (Lipinski definition) is 6. The van der Waals surface area contributed by atoms with Gasteiger partial charge in [0.15, 0.2) is 0 Å². The van der Waals surface area contributed by atoms with E-state index in [2.05, 4.69) is 4.90 Å². The van der Waals surface area contributed by atoms with Crippen LogP contribution in [0.2, 0.25) is 0 Å². The number of phenolic OH excluding ortho intramolecular Hbond substituents is 1. The number of pyridine rings is 1. The van der Waals surface area contributed by atoms with E-state index in [9.17, 15) is 9.50 Å². The fourth-order valence-electron chi connectivity index (χ4n) is 4.36. The topological polar surface area (TPSA) is 99.3 Å². The van der Waals surface area contributed by atoms with Crippen molar-refractivity contribution in [2.45, 2.75) is 25.8 Å². The Morgan fingerprint density at radius 2 is 1.88 bits per heavy atom. The van der Waals surface area contributed by atoms with E-state index in [4.69, 9.17) is 20.4 Å². The van der Waals surface area contributed by atoms with Gasteiger partial charge in [0.05, 0.1) is 28.5 Å². The summed E-state index contributed by atoms with van der Waals surface area (Å²) in [5.41, 5.74) is 9.84. The molecule has 5 rings (SSSR count). The van der Waals surface area contributed by atoms with E-state index in [1.54, 1.807) is 18.4 Å². The molecule has 2 aromatic carbocycles. The summed E-state index contributed by atoms with van der Waals surface area (Å²) >= 11 is 0. The van der Waals surface area contributed by atoms with Gasteiger partial charge in [-0.2, -0.15) is 5.26 Å². The number of nitriles is 1. The number of anilines is 1. The average molecular weight is 479 g/mol. The van der Waals surface area contributed by atoms with Gasteiger partial charge in [0, 0.05) is 24.7 Å². The number of piperidine rings is 1. The molecule has 0 bridgehead atoms. The van der Waals surface area contributed by atoms with Gasteiger partial charge in [0.2, 0.25) is 0 Å². The SMILES string of the molecule is Cc1ccc(-c2c(-c3ccc(C#N)c(F)c3)nc(N3CCC(N)CC3)c3ccoc23)cc1O.Cl. The van der Waals surface area contributed by atoms with Crippen LogP contribution in [0.5, 0.6) is 5.75 Å². The number of rotatable bonds is 3. The molecule has 0 saturated carbocycles. The van der Waals surface area contributed by atoms with Crippen molar-refractivity contribution in [2.24, 2.45) is 5.73 Å². The number of halogens is 2. The minimum atomic E-state index is -0.612. The third-order valence-corrected chi connectivity index (χ3v) is 6.29. The first-order chi connectivity index (χ1) is 16.0. The van der Waals surface area contributed by atoms with Crippen LogP contribution in [0, 0.1) is 24.1 Å². The second kappa shape index (κ2) is 9.34. The number of fused-ring (bicyclic) bond motifs is 1. The molecule has 34 heavy (non-hydrogen) atoms. The van der Waals surface area contributed by atoms with Crippen LogP contribution in [0.25, 0.3) is 33.4 Å². The van der Waals surface area contributed by atoms with Gasteiger partial charge in [0.1, 0.15) is 29.0 Å². The third-order valence-electron chi connectivity index (χ3n) is 6.29. The number of benzene rings is 2. The lowest BCUT2D eigenvalue weighted by atomic mass is 9.95. The Bertz CT molecular complexity index is 1400. The molecule has 0 atom stereocenters. The molecule has 1 aliphatic heterocycles. The molecule has 3 heterocycles. The Balaban J connectivity index is 0.00000274. The molecule has 1 fully saturated rings. The van der Waals surface area contributed by atoms with E-state index in [-0.39, 0.29) is 29.8 Å². The van der Waals surface area contributed by atoms with Crippen LogP contribution in [0.15, 0.2) is 53.1 Å². The zero-order valence-electron chi connectivity index (χ0n) is 18.6. The summed E-state index contributed by atoms with van der Waals surface area (Å²) in [5, 5.41) is 20.4. The van der Waals surface area contributed by atoms with E-state index in [1.165, 1.54) is 12.1 Å². The molecular formula is C26H24ClFN4O2. The Hall–Kier alpha value is -3.60. The zero-order chi connectivity index (χ0) is 23.1. The van der Waals surface area contributed by atoms with E-state index in [1.807, 2.05) is 31.2 Å². The van der Waals surface area contributed by atoms with Gasteiger partial charge in [-0.3, -0.25) is 0 Å². The highest BCUT2D eigenvalue weighted by molar-refractivity contribution is 6.04. The number of aryl methyl sites for hydroxylation is 1. The molecule has 6 nitrogen and oxygen atoms in total. The summed E-state index contributed by atoms with van der Waals surface area (Å²) in [4.78, 5) is 7.19. The van der Waals surface area contributed by atoms with Crippen LogP contribution in [0.3, 0.4) is 0 Å². The smallest absolute Gasteiger partial charge is 0.147 e. The van der Waals surface area contributed by atoms with Crippen molar-refractivity contribution in [3.8, 4) is 34.2 Å². The van der Waals surface area contributed by atoms with Crippen LogP contribution in [-0.2, 0) is 0 Å². The summed E-state index contributed by atoms with van der Waals surface area (Å²) in [7, 11) is 0. The fourth-order valence-corrected chi connectivity index (χ4v) is 4.36. The van der Waals surface area contributed by atoms with Gasteiger partial charge in [-0.1, -0.05) is 18.2 Å². The molecule has 1 saturated heterocycles. The van der Waals surface area contributed by atoms with E-state index in [0.29, 0.717) is 28.0 Å². The van der Waals surface area contributed by atoms with Crippen molar-refractivity contribution >= 4 is 29.2 Å². The number of phenols is 1. The highest BCUT2D eigenvalue weighted by atomic mass is 35.5. The van der Waals surface area contributed by atoms with Crippen LogP contribution >= 0.6 is 12.4 Å². The predicted octanol–water partition coefficient (Wildman–Crippen LogP) is 5.54. The standard InChI is InChI=1S/C26H23FN4O2.ClH/c1-15-2-3-16(13-22(15)32)23-24(17-4-5-18(14-28)21(27)12-17)30-26(20-8-11-33-25(20)23)31-9-6-19(29)7-10-31;/h2-5,8,11-13,19,32H,6-7,9-10,29H2,1H3;1H. The summed E-state index contributed by atoms with van der Waals surface area (Å²) in [6.07, 6.45) is 3.33. The number of hydrogen-bond donors (Lipinski definition) is 2. The second-order valence-electron chi connectivity index (χ2n) is 8.45. The summed E-state index contributed by atoms with van der Waals surface area (Å²) in [5.74, 6) is 0.295. The van der Waals surface area contributed by atoms with E-state index in [0.717, 1.165) is 42.7 Å². The Morgan fingerprint density at radius 3 is 2.56 bits per heavy atom. The number of nitrogens with two attached hydrogens (primary N) is 1. The van der Waals surface area contributed by atoms with Crippen molar-refractivity contribution in [3.05, 3.63) is 65.7 Å². The molecule has 0 aliphatic carbocycles. The maximum absolute atomic E-state index is 14.6. The van der Waals surface area contributed by atoms with Gasteiger partial charge in [-0.05, 0) is 55.2 Å². The van der Waals surface area contributed by atoms with Crippen molar-refractivity contribution in [1.82, 2.24) is 4.98 Å². The molecule has 0 unspecified atom stereocenters. The lowest BCUT2D eigenvalue weighted by Crippen LogP contribution is -2.40. The van der Waals surface area contributed by atoms with Crippen molar-refractivity contribution < 1.29 is 13.9 Å². The van der Waals surface area contributed by atoms with E-state index < -0.39 is 5.82 Å². The molecular weight excluding hydrogens is 455 g/mol. The molecule has 0 radical (unpaired) electrons. The monoisotopic (exact) mass is 478 g/mol. The molecule has 4 aromatic rings. The Labute approximate surface area is 202 Å². The number of furan rings is 1. The lowest BCUT2D eigenvalue weighted by Gasteiger charge is -2.32. The third kappa shape index (κ3) is 4.07. The first-order valence-electron chi connectivity index (χ1n) is 10.9. The first kappa shape index (κ1) is 23.6. The summed E-state index contributed by atoms with van der Waals surface area (Å²) in [6, 6.07) is 13.7. The maximum atomic E-state index is 14.6.